The average molecular weight is 436 g/mol. The summed E-state index contributed by atoms with van der Waals surface area (Å²) in [5, 5.41) is 0.555. The Balaban J connectivity index is 1.37. The number of benzene rings is 1. The second kappa shape index (κ2) is 7.40. The summed E-state index contributed by atoms with van der Waals surface area (Å²) in [7, 11) is -3.74. The van der Waals surface area contributed by atoms with Crippen molar-refractivity contribution < 1.29 is 13.2 Å². The number of carbonyl (C=O) groups is 1. The van der Waals surface area contributed by atoms with Gasteiger partial charge in [-0.05, 0) is 31.2 Å². The van der Waals surface area contributed by atoms with Gasteiger partial charge < -0.3 is 9.88 Å². The lowest BCUT2D eigenvalue weighted by molar-refractivity contribution is 0.0636. The van der Waals surface area contributed by atoms with Crippen LogP contribution in [-0.2, 0) is 10.0 Å². The summed E-state index contributed by atoms with van der Waals surface area (Å²) >= 11 is 0. The number of nitrogens with one attached hydrogen (secondary N) is 1. The van der Waals surface area contributed by atoms with Gasteiger partial charge in [0, 0.05) is 43.5 Å². The minimum atomic E-state index is -3.74. The van der Waals surface area contributed by atoms with Crippen LogP contribution in [-0.4, -0.2) is 69.1 Å². The lowest BCUT2D eigenvalue weighted by Crippen LogP contribution is -2.55. The van der Waals surface area contributed by atoms with Gasteiger partial charge in [-0.3, -0.25) is 9.78 Å². The number of sulfonamides is 1. The fourth-order valence-electron chi connectivity index (χ4n) is 3.98. The number of aromatic nitrogens is 4. The summed E-state index contributed by atoms with van der Waals surface area (Å²) in [6.45, 7) is 2.55. The first-order valence-corrected chi connectivity index (χ1v) is 11.3. The number of amides is 1. The van der Waals surface area contributed by atoms with Crippen LogP contribution in [0.2, 0.25) is 0 Å². The maximum absolute atomic E-state index is 13.3. The molecule has 1 amide bonds. The van der Waals surface area contributed by atoms with E-state index in [9.17, 15) is 13.2 Å². The second-order valence-corrected chi connectivity index (χ2v) is 9.37. The molecule has 1 aliphatic rings. The molecule has 1 saturated heterocycles. The van der Waals surface area contributed by atoms with Crippen LogP contribution in [0.15, 0.2) is 59.9 Å². The van der Waals surface area contributed by atoms with Gasteiger partial charge in [0.2, 0.25) is 10.0 Å². The monoisotopic (exact) mass is 436 g/mol. The predicted octanol–water partition coefficient (Wildman–Crippen LogP) is 2.04. The predicted molar refractivity (Wildman–Crippen MR) is 115 cm³/mol. The van der Waals surface area contributed by atoms with E-state index in [0.29, 0.717) is 16.6 Å². The maximum atomic E-state index is 13.3. The largest absolute Gasteiger partial charge is 0.345 e. The zero-order chi connectivity index (χ0) is 21.6. The van der Waals surface area contributed by atoms with E-state index in [1.165, 1.54) is 16.7 Å². The second-order valence-electron chi connectivity index (χ2n) is 7.51. The molecule has 31 heavy (non-hydrogen) atoms. The van der Waals surface area contributed by atoms with E-state index in [-0.39, 0.29) is 36.1 Å². The molecule has 0 saturated carbocycles. The number of rotatable bonds is 3. The van der Waals surface area contributed by atoms with Crippen molar-refractivity contribution in [2.24, 2.45) is 0 Å². The summed E-state index contributed by atoms with van der Waals surface area (Å²) in [5.74, 6) is -0.251. The van der Waals surface area contributed by atoms with Crippen molar-refractivity contribution >= 4 is 38.0 Å². The van der Waals surface area contributed by atoms with Crippen LogP contribution in [0, 0.1) is 0 Å². The third-order valence-electron chi connectivity index (χ3n) is 5.52. The molecule has 1 atom stereocenters. The number of nitrogens with zero attached hydrogens (tertiary/aromatic N) is 5. The third-order valence-corrected chi connectivity index (χ3v) is 7.57. The van der Waals surface area contributed by atoms with Crippen LogP contribution in [0.3, 0.4) is 0 Å². The van der Waals surface area contributed by atoms with Gasteiger partial charge in [0.25, 0.3) is 5.91 Å². The van der Waals surface area contributed by atoms with Gasteiger partial charge in [-0.15, -0.1) is 0 Å². The SMILES string of the molecule is C[C@@H]1CN(C(=O)c2cnc3ccccc3n2)CCN1S(=O)(=O)c1c[nH]c2ncccc12. The molecule has 10 heteroatoms. The summed E-state index contributed by atoms with van der Waals surface area (Å²) in [6.07, 6.45) is 4.55. The number of H-pyrrole nitrogens is 1. The van der Waals surface area contributed by atoms with Crippen LogP contribution in [0.25, 0.3) is 22.1 Å². The number of hydrogen-bond donors (Lipinski definition) is 1. The first-order valence-electron chi connectivity index (χ1n) is 9.90. The van der Waals surface area contributed by atoms with Crippen molar-refractivity contribution in [2.75, 3.05) is 19.6 Å². The molecule has 3 aromatic heterocycles. The van der Waals surface area contributed by atoms with Gasteiger partial charge in [0.1, 0.15) is 16.2 Å². The summed E-state index contributed by atoms with van der Waals surface area (Å²) in [6, 6.07) is 10.4. The zero-order valence-electron chi connectivity index (χ0n) is 16.8. The summed E-state index contributed by atoms with van der Waals surface area (Å²) in [5.41, 5.74) is 2.15. The quantitative estimate of drug-likeness (QED) is 0.526. The van der Waals surface area contributed by atoms with E-state index < -0.39 is 16.1 Å². The molecule has 0 aliphatic carbocycles. The molecule has 4 heterocycles. The number of para-hydroxylation sites is 2. The van der Waals surface area contributed by atoms with Gasteiger partial charge in [-0.1, -0.05) is 12.1 Å². The Hall–Kier alpha value is -3.37. The van der Waals surface area contributed by atoms with E-state index >= 15 is 0 Å². The van der Waals surface area contributed by atoms with Gasteiger partial charge >= 0.3 is 0 Å². The van der Waals surface area contributed by atoms with Crippen LogP contribution in [0.4, 0.5) is 0 Å². The molecular weight excluding hydrogens is 416 g/mol. The first-order chi connectivity index (χ1) is 14.9. The standard InChI is InChI=1S/C21H20N6O3S/c1-14-13-26(21(28)18-11-23-16-6-2-3-7-17(16)25-18)9-10-27(14)31(29,30)19-12-24-20-15(19)5-4-8-22-20/h2-8,11-12,14H,9-10,13H2,1H3,(H,22,24)/t14-/m1/s1. The highest BCUT2D eigenvalue weighted by atomic mass is 32.2. The smallest absolute Gasteiger partial charge is 0.274 e. The molecule has 5 rings (SSSR count). The summed E-state index contributed by atoms with van der Waals surface area (Å²) in [4.78, 5) is 30.6. The molecular formula is C21H20N6O3S. The van der Waals surface area contributed by atoms with Crippen molar-refractivity contribution in [2.45, 2.75) is 17.9 Å². The molecule has 1 fully saturated rings. The Bertz CT molecular complexity index is 1400. The van der Waals surface area contributed by atoms with E-state index in [1.807, 2.05) is 24.3 Å². The Morgan fingerprint density at radius 3 is 2.71 bits per heavy atom. The Morgan fingerprint density at radius 1 is 1.10 bits per heavy atom. The Morgan fingerprint density at radius 2 is 1.90 bits per heavy atom. The molecule has 1 aromatic carbocycles. The highest BCUT2D eigenvalue weighted by Gasteiger charge is 2.37. The molecule has 0 radical (unpaired) electrons. The fraction of sp³-hybridized carbons (Fsp3) is 0.238. The van der Waals surface area contributed by atoms with Gasteiger partial charge in [-0.2, -0.15) is 4.31 Å². The lowest BCUT2D eigenvalue weighted by Gasteiger charge is -2.38. The third kappa shape index (κ3) is 3.33. The van der Waals surface area contributed by atoms with Crippen molar-refractivity contribution in [3.63, 3.8) is 0 Å². The van der Waals surface area contributed by atoms with E-state index in [1.54, 1.807) is 30.2 Å². The van der Waals surface area contributed by atoms with Gasteiger partial charge in [0.15, 0.2) is 0 Å². The van der Waals surface area contributed by atoms with Crippen molar-refractivity contribution in [1.82, 2.24) is 29.1 Å². The van der Waals surface area contributed by atoms with Crippen molar-refractivity contribution in [3.05, 3.63) is 60.7 Å². The summed E-state index contributed by atoms with van der Waals surface area (Å²) < 4.78 is 28.1. The number of aromatic amines is 1. The number of fused-ring (bicyclic) bond motifs is 2. The lowest BCUT2D eigenvalue weighted by atomic mass is 10.2. The Labute approximate surface area is 178 Å². The van der Waals surface area contributed by atoms with Crippen molar-refractivity contribution in [1.29, 1.82) is 0 Å². The first kappa shape index (κ1) is 19.6. The molecule has 9 nitrogen and oxygen atoms in total. The van der Waals surface area contributed by atoms with Gasteiger partial charge in [-0.25, -0.2) is 18.4 Å². The highest BCUT2D eigenvalue weighted by molar-refractivity contribution is 7.89. The minimum Gasteiger partial charge on any atom is -0.345 e. The topological polar surface area (TPSA) is 112 Å². The van der Waals surface area contributed by atoms with E-state index in [2.05, 4.69) is 19.9 Å². The van der Waals surface area contributed by atoms with Crippen molar-refractivity contribution in [3.8, 4) is 0 Å². The van der Waals surface area contributed by atoms with Crippen LogP contribution in [0.1, 0.15) is 17.4 Å². The van der Waals surface area contributed by atoms with E-state index in [0.717, 1.165) is 5.52 Å². The maximum Gasteiger partial charge on any atom is 0.274 e. The molecule has 1 aliphatic heterocycles. The molecule has 158 valence electrons. The molecule has 0 spiro atoms. The van der Waals surface area contributed by atoms with E-state index in [4.69, 9.17) is 0 Å². The number of piperazine rings is 1. The zero-order valence-corrected chi connectivity index (χ0v) is 17.6. The van der Waals surface area contributed by atoms with Crippen LogP contribution < -0.4 is 0 Å². The number of pyridine rings is 1. The number of carbonyl (C=O) groups excluding carboxylic acids is 1. The fourth-order valence-corrected chi connectivity index (χ4v) is 5.74. The van der Waals surface area contributed by atoms with Gasteiger partial charge in [0.05, 0.1) is 17.2 Å². The molecule has 0 bridgehead atoms. The molecule has 4 aromatic rings. The highest BCUT2D eigenvalue weighted by Crippen LogP contribution is 2.27. The normalized spacial score (nSPS) is 18.0. The Kier molecular flexibility index (Phi) is 4.67. The van der Waals surface area contributed by atoms with Crippen LogP contribution in [0.5, 0.6) is 0 Å². The van der Waals surface area contributed by atoms with Crippen LogP contribution >= 0.6 is 0 Å². The molecule has 1 N–H and O–H groups in total. The average Bonchev–Trinajstić information content (AvgIpc) is 3.23. The molecule has 0 unspecified atom stereocenters. The minimum absolute atomic E-state index is 0.197. The number of hydrogen-bond acceptors (Lipinski definition) is 6.